The first kappa shape index (κ1) is 20.6. The van der Waals surface area contributed by atoms with Crippen LogP contribution in [-0.2, 0) is 11.2 Å². The fourth-order valence-corrected chi connectivity index (χ4v) is 4.51. The molecule has 0 spiro atoms. The molecule has 30 heavy (non-hydrogen) atoms. The van der Waals surface area contributed by atoms with E-state index in [4.69, 9.17) is 16.3 Å². The maximum atomic E-state index is 12.1. The molecule has 2 aromatic heterocycles. The summed E-state index contributed by atoms with van der Waals surface area (Å²) in [6, 6.07) is 11.6. The molecule has 1 aromatic carbocycles. The van der Waals surface area contributed by atoms with Crippen LogP contribution in [0.3, 0.4) is 0 Å². The van der Waals surface area contributed by atoms with Crippen LogP contribution >= 0.6 is 22.9 Å². The highest BCUT2D eigenvalue weighted by Gasteiger charge is 2.26. The standard InChI is InChI=1S/C23H21ClN2O3S/c1-14(27)20-5-6-21(30-20)16-9-17-10-18(29-23(17)19(24)11-16)13-26-22(28)7-4-15-3-2-8-25-12-15/h2-9,11-12,14,18,27H,10,13H2,1H3,(H,26,28)/b7-4+. The number of ether oxygens (including phenoxy) is 1. The topological polar surface area (TPSA) is 71.5 Å². The lowest BCUT2D eigenvalue weighted by Gasteiger charge is -2.11. The van der Waals surface area contributed by atoms with Crippen molar-refractivity contribution in [3.63, 3.8) is 0 Å². The number of carbonyl (C=O) groups is 1. The first-order valence-corrected chi connectivity index (χ1v) is 10.8. The number of hydrogen-bond acceptors (Lipinski definition) is 5. The number of fused-ring (bicyclic) bond motifs is 1. The number of hydrogen-bond donors (Lipinski definition) is 2. The van der Waals surface area contributed by atoms with Gasteiger partial charge in [-0.15, -0.1) is 11.3 Å². The monoisotopic (exact) mass is 440 g/mol. The predicted molar refractivity (Wildman–Crippen MR) is 120 cm³/mol. The van der Waals surface area contributed by atoms with E-state index in [-0.39, 0.29) is 12.0 Å². The zero-order valence-corrected chi connectivity index (χ0v) is 17.9. The minimum Gasteiger partial charge on any atom is -0.486 e. The van der Waals surface area contributed by atoms with Crippen LogP contribution in [0.15, 0.2) is 54.9 Å². The maximum absolute atomic E-state index is 12.1. The number of halogens is 1. The summed E-state index contributed by atoms with van der Waals surface area (Å²) in [5, 5.41) is 13.2. The largest absolute Gasteiger partial charge is 0.486 e. The number of nitrogens with zero attached hydrogens (tertiary/aromatic N) is 1. The molecule has 0 bridgehead atoms. The van der Waals surface area contributed by atoms with E-state index in [1.54, 1.807) is 36.7 Å². The third-order valence-electron chi connectivity index (χ3n) is 4.79. The molecule has 3 heterocycles. The van der Waals surface area contributed by atoms with Gasteiger partial charge in [0.05, 0.1) is 17.7 Å². The van der Waals surface area contributed by atoms with E-state index in [2.05, 4.69) is 16.4 Å². The molecule has 0 aliphatic carbocycles. The number of aromatic nitrogens is 1. The summed E-state index contributed by atoms with van der Waals surface area (Å²) in [5.74, 6) is 0.493. The third-order valence-corrected chi connectivity index (χ3v) is 6.38. The molecule has 5 nitrogen and oxygen atoms in total. The van der Waals surface area contributed by atoms with Crippen molar-refractivity contribution in [1.29, 1.82) is 0 Å². The minimum absolute atomic E-state index is 0.167. The zero-order chi connectivity index (χ0) is 21.1. The van der Waals surface area contributed by atoms with Crippen molar-refractivity contribution in [3.8, 4) is 16.2 Å². The number of rotatable bonds is 6. The van der Waals surface area contributed by atoms with Crippen molar-refractivity contribution in [2.45, 2.75) is 25.6 Å². The summed E-state index contributed by atoms with van der Waals surface area (Å²) in [6.45, 7) is 2.14. The molecular weight excluding hydrogens is 420 g/mol. The lowest BCUT2D eigenvalue weighted by Crippen LogP contribution is -2.33. The van der Waals surface area contributed by atoms with Gasteiger partial charge in [-0.1, -0.05) is 17.7 Å². The molecule has 1 aliphatic heterocycles. The van der Waals surface area contributed by atoms with Gasteiger partial charge in [0.2, 0.25) is 5.91 Å². The molecule has 7 heteroatoms. The minimum atomic E-state index is -0.489. The first-order chi connectivity index (χ1) is 14.5. The van der Waals surface area contributed by atoms with Gasteiger partial charge in [0, 0.05) is 40.2 Å². The van der Waals surface area contributed by atoms with Crippen LogP contribution in [-0.4, -0.2) is 28.6 Å². The summed E-state index contributed by atoms with van der Waals surface area (Å²) in [6.07, 6.45) is 6.60. The Labute approximate surface area is 184 Å². The van der Waals surface area contributed by atoms with E-state index in [9.17, 15) is 9.90 Å². The summed E-state index contributed by atoms with van der Waals surface area (Å²) >= 11 is 8.01. The Balaban J connectivity index is 1.38. The van der Waals surface area contributed by atoms with Gasteiger partial charge in [-0.3, -0.25) is 9.78 Å². The van der Waals surface area contributed by atoms with Crippen molar-refractivity contribution in [2.75, 3.05) is 6.54 Å². The lowest BCUT2D eigenvalue weighted by atomic mass is 10.1. The molecular formula is C23H21ClN2O3S. The lowest BCUT2D eigenvalue weighted by molar-refractivity contribution is -0.116. The highest BCUT2D eigenvalue weighted by Crippen LogP contribution is 2.41. The predicted octanol–water partition coefficient (Wildman–Crippen LogP) is 4.65. The second-order valence-corrected chi connectivity index (χ2v) is 8.66. The average Bonchev–Trinajstić information content (AvgIpc) is 3.39. The first-order valence-electron chi connectivity index (χ1n) is 9.63. The van der Waals surface area contributed by atoms with E-state index in [0.717, 1.165) is 26.4 Å². The van der Waals surface area contributed by atoms with Crippen molar-refractivity contribution in [1.82, 2.24) is 10.3 Å². The molecule has 2 atom stereocenters. The van der Waals surface area contributed by atoms with Gasteiger partial charge in [-0.05, 0) is 54.5 Å². The number of carbonyl (C=O) groups excluding carboxylic acids is 1. The highest BCUT2D eigenvalue weighted by molar-refractivity contribution is 7.15. The average molecular weight is 441 g/mol. The summed E-state index contributed by atoms with van der Waals surface area (Å²) < 4.78 is 5.97. The van der Waals surface area contributed by atoms with Crippen molar-refractivity contribution in [2.24, 2.45) is 0 Å². The molecule has 1 amide bonds. The Morgan fingerprint density at radius 2 is 2.30 bits per heavy atom. The van der Waals surface area contributed by atoms with E-state index in [1.165, 1.54) is 6.08 Å². The summed E-state index contributed by atoms with van der Waals surface area (Å²) in [5.41, 5.74) is 2.89. The van der Waals surface area contributed by atoms with Gasteiger partial charge in [0.1, 0.15) is 11.9 Å². The second-order valence-electron chi connectivity index (χ2n) is 7.13. The Morgan fingerprint density at radius 1 is 1.43 bits per heavy atom. The molecule has 0 radical (unpaired) electrons. The number of aliphatic hydroxyl groups excluding tert-OH is 1. The summed E-state index contributed by atoms with van der Waals surface area (Å²) in [7, 11) is 0. The van der Waals surface area contributed by atoms with Gasteiger partial charge in [0.25, 0.3) is 0 Å². The van der Waals surface area contributed by atoms with Gasteiger partial charge >= 0.3 is 0 Å². The van der Waals surface area contributed by atoms with Gasteiger partial charge in [-0.25, -0.2) is 0 Å². The van der Waals surface area contributed by atoms with Gasteiger partial charge in [-0.2, -0.15) is 0 Å². The molecule has 0 saturated heterocycles. The number of amides is 1. The second kappa shape index (κ2) is 9.00. The zero-order valence-electron chi connectivity index (χ0n) is 16.3. The number of benzene rings is 1. The molecule has 0 fully saturated rings. The summed E-state index contributed by atoms with van der Waals surface area (Å²) in [4.78, 5) is 18.1. The van der Waals surface area contributed by atoms with Gasteiger partial charge in [0.15, 0.2) is 0 Å². The van der Waals surface area contributed by atoms with Crippen LogP contribution in [0.5, 0.6) is 5.75 Å². The Morgan fingerprint density at radius 3 is 3.03 bits per heavy atom. The molecule has 154 valence electrons. The van der Waals surface area contributed by atoms with Crippen molar-refractivity contribution < 1.29 is 14.6 Å². The quantitative estimate of drug-likeness (QED) is 0.547. The Kier molecular flexibility index (Phi) is 6.18. The Hall–Kier alpha value is -2.67. The number of nitrogens with one attached hydrogen (secondary N) is 1. The van der Waals surface area contributed by atoms with Crippen molar-refractivity contribution >= 4 is 34.9 Å². The third kappa shape index (κ3) is 4.73. The smallest absolute Gasteiger partial charge is 0.244 e. The Bertz CT molecular complexity index is 1080. The number of thiophene rings is 1. The number of aliphatic hydroxyl groups is 1. The SMILES string of the molecule is CC(O)c1ccc(-c2cc(Cl)c3c(c2)CC(CNC(=O)/C=C/c2cccnc2)O3)s1. The van der Waals surface area contributed by atoms with Crippen LogP contribution in [0, 0.1) is 0 Å². The maximum Gasteiger partial charge on any atom is 0.244 e. The molecule has 1 aliphatic rings. The highest BCUT2D eigenvalue weighted by atomic mass is 35.5. The van der Waals surface area contributed by atoms with E-state index in [1.807, 2.05) is 30.3 Å². The van der Waals surface area contributed by atoms with E-state index >= 15 is 0 Å². The van der Waals surface area contributed by atoms with Crippen LogP contribution in [0.1, 0.15) is 29.0 Å². The van der Waals surface area contributed by atoms with Crippen LogP contribution in [0.4, 0.5) is 0 Å². The molecule has 0 saturated carbocycles. The van der Waals surface area contributed by atoms with Crippen molar-refractivity contribution in [3.05, 3.63) is 75.9 Å². The number of pyridine rings is 1. The molecule has 2 N–H and O–H groups in total. The molecule has 2 unspecified atom stereocenters. The molecule has 3 aromatic rings. The van der Waals surface area contributed by atoms with Crippen LogP contribution in [0.2, 0.25) is 5.02 Å². The van der Waals surface area contributed by atoms with E-state index < -0.39 is 6.10 Å². The fraction of sp³-hybridized carbons (Fsp3) is 0.217. The fourth-order valence-electron chi connectivity index (χ4n) is 3.30. The van der Waals surface area contributed by atoms with Gasteiger partial charge < -0.3 is 15.2 Å². The van der Waals surface area contributed by atoms with Crippen LogP contribution < -0.4 is 10.1 Å². The van der Waals surface area contributed by atoms with Crippen LogP contribution in [0.25, 0.3) is 16.5 Å². The normalized spacial score (nSPS) is 16.3. The molecule has 4 rings (SSSR count). The van der Waals surface area contributed by atoms with E-state index in [0.29, 0.717) is 23.7 Å².